The van der Waals surface area contributed by atoms with Gasteiger partial charge in [0.05, 0.1) is 5.69 Å². The van der Waals surface area contributed by atoms with E-state index in [1.807, 2.05) is 18.2 Å². The first-order valence-corrected chi connectivity index (χ1v) is 9.55. The van der Waals surface area contributed by atoms with Gasteiger partial charge in [-0.1, -0.05) is 12.1 Å². The highest BCUT2D eigenvalue weighted by Gasteiger charge is 2.23. The average molecular weight is 369 g/mol. The molecular formula is C20H27N5O2. The number of para-hydroxylation sites is 1. The van der Waals surface area contributed by atoms with Crippen LogP contribution < -0.4 is 20.1 Å². The Kier molecular flexibility index (Phi) is 4.92. The second-order valence-electron chi connectivity index (χ2n) is 7.34. The second kappa shape index (κ2) is 7.50. The van der Waals surface area contributed by atoms with Gasteiger partial charge in [0.25, 0.3) is 0 Å². The molecule has 1 aromatic carbocycles. The van der Waals surface area contributed by atoms with E-state index < -0.39 is 0 Å². The zero-order chi connectivity index (χ0) is 18.8. The molecule has 27 heavy (non-hydrogen) atoms. The number of aromatic nitrogens is 2. The Labute approximate surface area is 159 Å². The number of nitrogens with one attached hydrogen (secondary N) is 2. The number of nitrogens with zero attached hydrogens (tertiary/aromatic N) is 3. The molecule has 7 heteroatoms. The Morgan fingerprint density at radius 2 is 2.26 bits per heavy atom. The highest BCUT2D eigenvalue weighted by atomic mass is 16.7. The van der Waals surface area contributed by atoms with Crippen molar-refractivity contribution in [1.82, 2.24) is 20.4 Å². The van der Waals surface area contributed by atoms with E-state index in [4.69, 9.17) is 14.6 Å². The molecular weight excluding hydrogens is 342 g/mol. The van der Waals surface area contributed by atoms with Gasteiger partial charge in [0.2, 0.25) is 6.79 Å². The first-order valence-electron chi connectivity index (χ1n) is 9.55. The smallest absolute Gasteiger partial charge is 0.231 e. The normalized spacial score (nSPS) is 18.5. The van der Waals surface area contributed by atoms with Gasteiger partial charge in [0.15, 0.2) is 17.5 Å². The van der Waals surface area contributed by atoms with Crippen molar-refractivity contribution in [2.75, 3.05) is 13.8 Å². The molecule has 0 spiro atoms. The van der Waals surface area contributed by atoms with Crippen LogP contribution in [0.1, 0.15) is 43.1 Å². The molecule has 7 nitrogen and oxygen atoms in total. The molecule has 0 amide bonds. The largest absolute Gasteiger partial charge is 0.454 e. The van der Waals surface area contributed by atoms with E-state index in [0.29, 0.717) is 18.6 Å². The summed E-state index contributed by atoms with van der Waals surface area (Å²) >= 11 is 0. The lowest BCUT2D eigenvalue weighted by Gasteiger charge is -2.24. The van der Waals surface area contributed by atoms with E-state index in [9.17, 15) is 0 Å². The minimum absolute atomic E-state index is 0.284. The molecule has 2 heterocycles. The minimum Gasteiger partial charge on any atom is -0.454 e. The van der Waals surface area contributed by atoms with Crippen molar-refractivity contribution in [3.8, 4) is 11.5 Å². The van der Waals surface area contributed by atoms with Gasteiger partial charge in [-0.15, -0.1) is 0 Å². The Morgan fingerprint density at radius 1 is 1.37 bits per heavy atom. The summed E-state index contributed by atoms with van der Waals surface area (Å²) in [6.45, 7) is 5.24. The number of hydrogen-bond donors (Lipinski definition) is 2. The molecule has 0 saturated carbocycles. The van der Waals surface area contributed by atoms with Crippen molar-refractivity contribution < 1.29 is 9.47 Å². The summed E-state index contributed by atoms with van der Waals surface area (Å²) in [5, 5.41) is 11.7. The Balaban J connectivity index is 1.36. The van der Waals surface area contributed by atoms with E-state index in [0.717, 1.165) is 42.3 Å². The predicted octanol–water partition coefficient (Wildman–Crippen LogP) is 2.42. The SMILES string of the molecule is CN=C(NCc1cccc2c1OCO2)NC1CCc2cn(C(C)C)nc2C1. The van der Waals surface area contributed by atoms with Crippen molar-refractivity contribution in [3.63, 3.8) is 0 Å². The lowest BCUT2D eigenvalue weighted by Crippen LogP contribution is -2.45. The van der Waals surface area contributed by atoms with Gasteiger partial charge in [-0.25, -0.2) is 0 Å². The lowest BCUT2D eigenvalue weighted by molar-refractivity contribution is 0.173. The summed E-state index contributed by atoms with van der Waals surface area (Å²) in [7, 11) is 1.80. The summed E-state index contributed by atoms with van der Waals surface area (Å²) in [5.74, 6) is 2.42. The van der Waals surface area contributed by atoms with Gasteiger partial charge in [-0.2, -0.15) is 5.10 Å². The van der Waals surface area contributed by atoms with E-state index in [-0.39, 0.29) is 6.79 Å². The molecule has 2 aliphatic rings. The van der Waals surface area contributed by atoms with E-state index >= 15 is 0 Å². The quantitative estimate of drug-likeness (QED) is 0.640. The van der Waals surface area contributed by atoms with Crippen LogP contribution >= 0.6 is 0 Å². The maximum Gasteiger partial charge on any atom is 0.231 e. The summed E-state index contributed by atoms with van der Waals surface area (Å²) < 4.78 is 13.1. The van der Waals surface area contributed by atoms with Gasteiger partial charge in [0.1, 0.15) is 0 Å². The van der Waals surface area contributed by atoms with Gasteiger partial charge < -0.3 is 20.1 Å². The van der Waals surface area contributed by atoms with Crippen molar-refractivity contribution in [2.45, 2.75) is 51.7 Å². The van der Waals surface area contributed by atoms with E-state index in [2.05, 4.69) is 40.4 Å². The fourth-order valence-corrected chi connectivity index (χ4v) is 3.60. The number of benzene rings is 1. The van der Waals surface area contributed by atoms with Crippen LogP contribution in [-0.4, -0.2) is 35.6 Å². The lowest BCUT2D eigenvalue weighted by atomic mass is 9.94. The van der Waals surface area contributed by atoms with Crippen LogP contribution in [0.5, 0.6) is 11.5 Å². The third-order valence-corrected chi connectivity index (χ3v) is 5.11. The number of fused-ring (bicyclic) bond motifs is 2. The second-order valence-corrected chi connectivity index (χ2v) is 7.34. The molecule has 1 unspecified atom stereocenters. The Morgan fingerprint density at radius 3 is 3.07 bits per heavy atom. The van der Waals surface area contributed by atoms with E-state index in [1.165, 1.54) is 11.3 Å². The molecule has 1 aliphatic heterocycles. The molecule has 0 radical (unpaired) electrons. The van der Waals surface area contributed by atoms with Crippen molar-refractivity contribution in [2.24, 2.45) is 4.99 Å². The molecule has 144 valence electrons. The monoisotopic (exact) mass is 369 g/mol. The standard InChI is InChI=1S/C20H27N5O2/c1-13(2)25-11-15-7-8-16(9-17(15)24-25)23-20(21-3)22-10-14-5-4-6-18-19(14)27-12-26-18/h4-6,11,13,16H,7-10,12H2,1-3H3,(H2,21,22,23). The third kappa shape index (κ3) is 3.72. The Hall–Kier alpha value is -2.70. The zero-order valence-corrected chi connectivity index (χ0v) is 16.2. The number of aliphatic imine (C=N–C) groups is 1. The van der Waals surface area contributed by atoms with Crippen LogP contribution in [0.3, 0.4) is 0 Å². The highest BCUT2D eigenvalue weighted by Crippen LogP contribution is 2.35. The van der Waals surface area contributed by atoms with Gasteiger partial charge in [-0.05, 0) is 38.3 Å². The topological polar surface area (TPSA) is 72.7 Å². The molecule has 1 aromatic heterocycles. The number of ether oxygens (including phenoxy) is 2. The van der Waals surface area contributed by atoms with Gasteiger partial charge in [0, 0.05) is 43.9 Å². The molecule has 2 N–H and O–H groups in total. The van der Waals surface area contributed by atoms with E-state index in [1.54, 1.807) is 7.05 Å². The maximum absolute atomic E-state index is 5.57. The number of guanidine groups is 1. The van der Waals surface area contributed by atoms with Crippen molar-refractivity contribution >= 4 is 5.96 Å². The summed E-state index contributed by atoms with van der Waals surface area (Å²) in [6.07, 6.45) is 5.25. The van der Waals surface area contributed by atoms with Crippen LogP contribution in [0.4, 0.5) is 0 Å². The summed E-state index contributed by atoms with van der Waals surface area (Å²) in [6, 6.07) is 6.68. The highest BCUT2D eigenvalue weighted by molar-refractivity contribution is 5.80. The van der Waals surface area contributed by atoms with Crippen LogP contribution in [0.25, 0.3) is 0 Å². The molecule has 0 saturated heterocycles. The summed E-state index contributed by atoms with van der Waals surface area (Å²) in [5.41, 5.74) is 3.64. The molecule has 0 fully saturated rings. The van der Waals surface area contributed by atoms with Crippen LogP contribution in [0.2, 0.25) is 0 Å². The van der Waals surface area contributed by atoms with Crippen LogP contribution in [0, 0.1) is 0 Å². The summed E-state index contributed by atoms with van der Waals surface area (Å²) in [4.78, 5) is 4.38. The molecule has 2 aromatic rings. The Bertz CT molecular complexity index is 843. The minimum atomic E-state index is 0.284. The van der Waals surface area contributed by atoms with Crippen LogP contribution in [0.15, 0.2) is 29.4 Å². The van der Waals surface area contributed by atoms with Crippen molar-refractivity contribution in [3.05, 3.63) is 41.2 Å². The first-order chi connectivity index (χ1) is 13.1. The molecule has 4 rings (SSSR count). The fraction of sp³-hybridized carbons (Fsp3) is 0.500. The molecule has 1 atom stereocenters. The van der Waals surface area contributed by atoms with Crippen LogP contribution in [-0.2, 0) is 19.4 Å². The third-order valence-electron chi connectivity index (χ3n) is 5.11. The number of rotatable bonds is 4. The van der Waals surface area contributed by atoms with Crippen molar-refractivity contribution in [1.29, 1.82) is 0 Å². The maximum atomic E-state index is 5.57. The fourth-order valence-electron chi connectivity index (χ4n) is 3.60. The van der Waals surface area contributed by atoms with Gasteiger partial charge in [-0.3, -0.25) is 9.67 Å². The first kappa shape index (κ1) is 17.7. The zero-order valence-electron chi connectivity index (χ0n) is 16.2. The molecule has 1 aliphatic carbocycles. The predicted molar refractivity (Wildman–Crippen MR) is 104 cm³/mol. The number of aryl methyl sites for hydroxylation is 1. The van der Waals surface area contributed by atoms with Gasteiger partial charge >= 0.3 is 0 Å². The average Bonchev–Trinajstić information content (AvgIpc) is 3.31. The molecule has 0 bridgehead atoms. The number of hydrogen-bond acceptors (Lipinski definition) is 4.